The summed E-state index contributed by atoms with van der Waals surface area (Å²) in [5.41, 5.74) is 7.07. The van der Waals surface area contributed by atoms with Gasteiger partial charge in [0.05, 0.1) is 22.6 Å². The molecule has 35 heavy (non-hydrogen) atoms. The van der Waals surface area contributed by atoms with E-state index in [-0.39, 0.29) is 5.91 Å². The van der Waals surface area contributed by atoms with E-state index in [1.807, 2.05) is 61.0 Å². The number of hydrogen-bond acceptors (Lipinski definition) is 4. The van der Waals surface area contributed by atoms with Crippen molar-refractivity contribution in [1.82, 2.24) is 29.9 Å². The van der Waals surface area contributed by atoms with E-state index in [0.29, 0.717) is 17.8 Å². The monoisotopic (exact) mass is 462 g/mol. The molecule has 0 aliphatic heterocycles. The Balaban J connectivity index is 1.30. The summed E-state index contributed by atoms with van der Waals surface area (Å²) in [7, 11) is 0. The van der Waals surface area contributed by atoms with Crippen molar-refractivity contribution in [2.75, 3.05) is 6.54 Å². The molecule has 1 N–H and O–H groups in total. The van der Waals surface area contributed by atoms with Crippen LogP contribution in [0.3, 0.4) is 0 Å². The van der Waals surface area contributed by atoms with Crippen LogP contribution in [0.25, 0.3) is 22.6 Å². The van der Waals surface area contributed by atoms with Crippen LogP contribution in [0, 0.1) is 13.8 Å². The first-order valence-electron chi connectivity index (χ1n) is 11.5. The fourth-order valence-corrected chi connectivity index (χ4v) is 4.08. The fraction of sp³-hybridized carbons (Fsp3) is 0.143. The maximum atomic E-state index is 13.2. The maximum absolute atomic E-state index is 13.2. The fourth-order valence-electron chi connectivity index (χ4n) is 4.08. The molecule has 0 saturated heterocycles. The zero-order valence-corrected chi connectivity index (χ0v) is 19.7. The van der Waals surface area contributed by atoms with E-state index in [1.165, 1.54) is 0 Å². The second-order valence-corrected chi connectivity index (χ2v) is 8.42. The summed E-state index contributed by atoms with van der Waals surface area (Å²) in [6.45, 7) is 4.55. The van der Waals surface area contributed by atoms with Crippen molar-refractivity contribution >= 4 is 5.91 Å². The van der Waals surface area contributed by atoms with E-state index in [9.17, 15) is 4.79 Å². The average Bonchev–Trinajstić information content (AvgIpc) is 3.49. The van der Waals surface area contributed by atoms with E-state index in [1.54, 1.807) is 23.3 Å². The van der Waals surface area contributed by atoms with Gasteiger partial charge in [-0.15, -0.1) is 0 Å². The number of nitrogens with zero attached hydrogens (tertiary/aromatic N) is 5. The van der Waals surface area contributed by atoms with Gasteiger partial charge in [0.15, 0.2) is 0 Å². The molecular weight excluding hydrogens is 436 g/mol. The third-order valence-electron chi connectivity index (χ3n) is 5.80. The van der Waals surface area contributed by atoms with Crippen LogP contribution in [0.1, 0.15) is 27.3 Å². The van der Waals surface area contributed by atoms with Gasteiger partial charge >= 0.3 is 0 Å². The highest BCUT2D eigenvalue weighted by molar-refractivity contribution is 5.99. The molecule has 3 aromatic heterocycles. The number of hydrogen-bond donors (Lipinski definition) is 1. The van der Waals surface area contributed by atoms with Gasteiger partial charge < -0.3 is 5.32 Å². The molecule has 0 fully saturated rings. The van der Waals surface area contributed by atoms with Gasteiger partial charge in [-0.3, -0.25) is 9.78 Å². The van der Waals surface area contributed by atoms with Gasteiger partial charge in [0.25, 0.3) is 5.91 Å². The van der Waals surface area contributed by atoms with Crippen LogP contribution in [-0.2, 0) is 6.42 Å². The lowest BCUT2D eigenvalue weighted by Gasteiger charge is -2.08. The second kappa shape index (κ2) is 9.77. The molecule has 5 aromatic rings. The summed E-state index contributed by atoms with van der Waals surface area (Å²) in [6, 6.07) is 23.8. The average molecular weight is 463 g/mol. The summed E-state index contributed by atoms with van der Waals surface area (Å²) < 4.78 is 3.67. The number of amides is 1. The number of pyridine rings is 1. The zero-order valence-electron chi connectivity index (χ0n) is 19.7. The Bertz CT molecular complexity index is 1440. The largest absolute Gasteiger partial charge is 0.352 e. The van der Waals surface area contributed by atoms with Gasteiger partial charge in [0, 0.05) is 36.4 Å². The van der Waals surface area contributed by atoms with Crippen LogP contribution in [0.2, 0.25) is 0 Å². The third kappa shape index (κ3) is 4.89. The lowest BCUT2D eigenvalue weighted by molar-refractivity contribution is 0.0954. The number of para-hydroxylation sites is 1. The van der Waals surface area contributed by atoms with Gasteiger partial charge in [0.2, 0.25) is 0 Å². The summed E-state index contributed by atoms with van der Waals surface area (Å²) in [5.74, 6) is -0.162. The molecule has 0 aliphatic carbocycles. The van der Waals surface area contributed by atoms with Gasteiger partial charge in [0.1, 0.15) is 5.69 Å². The molecule has 0 unspecified atom stereocenters. The second-order valence-electron chi connectivity index (χ2n) is 8.42. The van der Waals surface area contributed by atoms with E-state index in [0.717, 1.165) is 40.3 Å². The standard InChI is InChI=1S/C28H26N6O/c1-20-17-21(2)34(31-20)25-12-10-22(11-13-25)14-16-30-28(35)26-19-33(24-8-4-3-5-9-24)32-27(26)23-7-6-15-29-18-23/h3-13,15,17-19H,14,16H2,1-2H3,(H,30,35). The first-order chi connectivity index (χ1) is 17.1. The van der Waals surface area contributed by atoms with Crippen LogP contribution in [-0.4, -0.2) is 37.0 Å². The van der Waals surface area contributed by atoms with Crippen molar-refractivity contribution < 1.29 is 4.79 Å². The van der Waals surface area contributed by atoms with Crippen LogP contribution >= 0.6 is 0 Å². The van der Waals surface area contributed by atoms with E-state index in [2.05, 4.69) is 45.7 Å². The number of aryl methyl sites for hydroxylation is 2. The van der Waals surface area contributed by atoms with Crippen molar-refractivity contribution in [2.24, 2.45) is 0 Å². The minimum atomic E-state index is -0.162. The Morgan fingerprint density at radius 1 is 0.914 bits per heavy atom. The highest BCUT2D eigenvalue weighted by Gasteiger charge is 2.18. The Kier molecular flexibility index (Phi) is 6.22. The summed E-state index contributed by atoms with van der Waals surface area (Å²) in [6.07, 6.45) is 5.92. The van der Waals surface area contributed by atoms with Gasteiger partial charge in [-0.25, -0.2) is 9.36 Å². The SMILES string of the molecule is Cc1cc(C)n(-c2ccc(CCNC(=O)c3cn(-c4ccccc4)nc3-c3cccnc3)cc2)n1. The summed E-state index contributed by atoms with van der Waals surface area (Å²) in [4.78, 5) is 17.4. The van der Waals surface area contributed by atoms with Crippen LogP contribution in [0.4, 0.5) is 0 Å². The van der Waals surface area contributed by atoms with Crippen LogP contribution in [0.15, 0.2) is 91.4 Å². The number of nitrogens with one attached hydrogen (secondary N) is 1. The smallest absolute Gasteiger partial charge is 0.255 e. The number of carbonyl (C=O) groups is 1. The van der Waals surface area contributed by atoms with E-state index in [4.69, 9.17) is 5.10 Å². The normalized spacial score (nSPS) is 10.9. The lowest BCUT2D eigenvalue weighted by atomic mass is 10.1. The molecule has 0 saturated carbocycles. The van der Waals surface area contributed by atoms with Crippen LogP contribution in [0.5, 0.6) is 0 Å². The molecule has 1 amide bonds. The number of rotatable bonds is 7. The maximum Gasteiger partial charge on any atom is 0.255 e. The summed E-state index contributed by atoms with van der Waals surface area (Å²) in [5, 5.41) is 12.3. The predicted octanol–water partition coefficient (Wildman–Crippen LogP) is 4.71. The summed E-state index contributed by atoms with van der Waals surface area (Å²) >= 11 is 0. The Hall–Kier alpha value is -4.52. The molecule has 174 valence electrons. The van der Waals surface area contributed by atoms with Gasteiger partial charge in [-0.05, 0) is 68.3 Å². The Morgan fingerprint density at radius 3 is 2.40 bits per heavy atom. The highest BCUT2D eigenvalue weighted by atomic mass is 16.1. The Morgan fingerprint density at radius 2 is 1.71 bits per heavy atom. The lowest BCUT2D eigenvalue weighted by Crippen LogP contribution is -2.25. The zero-order chi connectivity index (χ0) is 24.2. The minimum absolute atomic E-state index is 0.162. The van der Waals surface area contributed by atoms with E-state index < -0.39 is 0 Å². The van der Waals surface area contributed by atoms with Crippen molar-refractivity contribution in [3.63, 3.8) is 0 Å². The number of aromatic nitrogens is 5. The number of carbonyl (C=O) groups excluding carboxylic acids is 1. The quantitative estimate of drug-likeness (QED) is 0.380. The third-order valence-corrected chi connectivity index (χ3v) is 5.80. The molecule has 3 heterocycles. The van der Waals surface area contributed by atoms with Crippen molar-refractivity contribution in [3.05, 3.63) is 114 Å². The van der Waals surface area contributed by atoms with Crippen LogP contribution < -0.4 is 5.32 Å². The molecule has 7 heteroatoms. The molecule has 7 nitrogen and oxygen atoms in total. The highest BCUT2D eigenvalue weighted by Crippen LogP contribution is 2.23. The van der Waals surface area contributed by atoms with Crippen molar-refractivity contribution in [3.8, 4) is 22.6 Å². The Labute approximate surface area is 204 Å². The molecular formula is C28H26N6O. The number of benzene rings is 2. The van der Waals surface area contributed by atoms with Crippen molar-refractivity contribution in [2.45, 2.75) is 20.3 Å². The van der Waals surface area contributed by atoms with Gasteiger partial charge in [-0.2, -0.15) is 10.2 Å². The molecule has 0 atom stereocenters. The minimum Gasteiger partial charge on any atom is -0.352 e. The molecule has 0 radical (unpaired) electrons. The predicted molar refractivity (Wildman–Crippen MR) is 136 cm³/mol. The molecule has 0 bridgehead atoms. The molecule has 2 aromatic carbocycles. The molecule has 0 aliphatic rings. The molecule has 0 spiro atoms. The topological polar surface area (TPSA) is 77.6 Å². The van der Waals surface area contributed by atoms with E-state index >= 15 is 0 Å². The molecule has 5 rings (SSSR count). The first kappa shape index (κ1) is 22.3. The van der Waals surface area contributed by atoms with Gasteiger partial charge in [-0.1, -0.05) is 30.3 Å². The first-order valence-corrected chi connectivity index (χ1v) is 11.5. The van der Waals surface area contributed by atoms with Crippen molar-refractivity contribution in [1.29, 1.82) is 0 Å².